The van der Waals surface area contributed by atoms with Gasteiger partial charge in [-0.2, -0.15) is 0 Å². The van der Waals surface area contributed by atoms with E-state index >= 15 is 0 Å². The number of benzene rings is 1. The largest absolute Gasteiger partial charge is 0.445 e. The lowest BCUT2D eigenvalue weighted by atomic mass is 10.2. The highest BCUT2D eigenvalue weighted by Crippen LogP contribution is 2.15. The molecule has 96 valence electrons. The van der Waals surface area contributed by atoms with Crippen LogP contribution in [0.4, 0.5) is 4.79 Å². The number of aliphatic hydroxyl groups is 1. The molecule has 2 atom stereocenters. The van der Waals surface area contributed by atoms with Crippen molar-refractivity contribution in [1.29, 1.82) is 0 Å². The summed E-state index contributed by atoms with van der Waals surface area (Å²) in [5.41, 5.74) is 0.898. The van der Waals surface area contributed by atoms with E-state index in [0.717, 1.165) is 5.56 Å². The van der Waals surface area contributed by atoms with Gasteiger partial charge in [-0.15, -0.1) is 0 Å². The summed E-state index contributed by atoms with van der Waals surface area (Å²) in [7, 11) is 0. The van der Waals surface area contributed by atoms with E-state index in [1.54, 1.807) is 0 Å². The highest BCUT2D eigenvalue weighted by Gasteiger charge is 2.31. The molecule has 1 aliphatic rings. The van der Waals surface area contributed by atoms with E-state index in [9.17, 15) is 14.7 Å². The normalized spacial score (nSPS) is 22.8. The SMILES string of the molecule is O=C(NC1CC(=O)C(O)C1)OCc1ccccc1. The van der Waals surface area contributed by atoms with Gasteiger partial charge >= 0.3 is 6.09 Å². The number of aliphatic hydroxyl groups excluding tert-OH is 1. The second kappa shape index (κ2) is 5.64. The number of carbonyl (C=O) groups excluding carboxylic acids is 2. The van der Waals surface area contributed by atoms with Gasteiger partial charge in [0, 0.05) is 18.9 Å². The van der Waals surface area contributed by atoms with Gasteiger partial charge in [0.2, 0.25) is 0 Å². The molecule has 2 rings (SSSR count). The van der Waals surface area contributed by atoms with E-state index in [1.807, 2.05) is 30.3 Å². The zero-order valence-corrected chi connectivity index (χ0v) is 9.83. The maximum Gasteiger partial charge on any atom is 0.407 e. The Labute approximate surface area is 105 Å². The second-order valence-corrected chi connectivity index (χ2v) is 4.32. The van der Waals surface area contributed by atoms with Crippen molar-refractivity contribution in [2.24, 2.45) is 0 Å². The Hall–Kier alpha value is -1.88. The molecule has 0 radical (unpaired) electrons. The van der Waals surface area contributed by atoms with Crippen molar-refractivity contribution in [1.82, 2.24) is 5.32 Å². The summed E-state index contributed by atoms with van der Waals surface area (Å²) in [6, 6.07) is 9.00. The van der Waals surface area contributed by atoms with Crippen molar-refractivity contribution in [3.05, 3.63) is 35.9 Å². The Kier molecular flexibility index (Phi) is 3.94. The molecule has 1 aromatic rings. The van der Waals surface area contributed by atoms with Gasteiger partial charge in [0.25, 0.3) is 0 Å². The van der Waals surface area contributed by atoms with Gasteiger partial charge < -0.3 is 15.2 Å². The average Bonchev–Trinajstić information content (AvgIpc) is 2.67. The molecular weight excluding hydrogens is 234 g/mol. The summed E-state index contributed by atoms with van der Waals surface area (Å²) >= 11 is 0. The Morgan fingerprint density at radius 3 is 2.72 bits per heavy atom. The molecule has 0 heterocycles. The van der Waals surface area contributed by atoms with Crippen LogP contribution in [0.3, 0.4) is 0 Å². The molecule has 2 N–H and O–H groups in total. The highest BCUT2D eigenvalue weighted by atomic mass is 16.5. The minimum Gasteiger partial charge on any atom is -0.445 e. The zero-order valence-electron chi connectivity index (χ0n) is 9.83. The standard InChI is InChI=1S/C13H15NO4/c15-11-6-10(7-12(11)16)14-13(17)18-8-9-4-2-1-3-5-9/h1-5,10-11,15H,6-8H2,(H,14,17). The number of hydrogen-bond donors (Lipinski definition) is 2. The first-order chi connectivity index (χ1) is 8.65. The fourth-order valence-corrected chi connectivity index (χ4v) is 1.90. The van der Waals surface area contributed by atoms with Gasteiger partial charge in [-0.1, -0.05) is 30.3 Å². The predicted octanol–water partition coefficient (Wildman–Crippen LogP) is 1.01. The van der Waals surface area contributed by atoms with Crippen molar-refractivity contribution in [3.63, 3.8) is 0 Å². The lowest BCUT2D eigenvalue weighted by Gasteiger charge is -2.11. The Bertz CT molecular complexity index is 432. The third-order valence-electron chi connectivity index (χ3n) is 2.86. The molecule has 0 spiro atoms. The minimum atomic E-state index is -0.954. The van der Waals surface area contributed by atoms with E-state index in [4.69, 9.17) is 4.74 Å². The first kappa shape index (κ1) is 12.6. The van der Waals surface area contributed by atoms with Crippen LogP contribution in [-0.4, -0.2) is 29.1 Å². The summed E-state index contributed by atoms with van der Waals surface area (Å²) in [5.74, 6) is -0.233. The van der Waals surface area contributed by atoms with Crippen LogP contribution in [0.2, 0.25) is 0 Å². The van der Waals surface area contributed by atoms with E-state index in [0.29, 0.717) is 0 Å². The molecular formula is C13H15NO4. The summed E-state index contributed by atoms with van der Waals surface area (Å²) in [4.78, 5) is 22.6. The summed E-state index contributed by atoms with van der Waals surface area (Å²) < 4.78 is 5.02. The van der Waals surface area contributed by atoms with Crippen molar-refractivity contribution in [2.45, 2.75) is 31.6 Å². The third-order valence-corrected chi connectivity index (χ3v) is 2.86. The number of rotatable bonds is 3. The number of nitrogens with one attached hydrogen (secondary N) is 1. The molecule has 0 bridgehead atoms. The van der Waals surface area contributed by atoms with Crippen LogP contribution in [0.1, 0.15) is 18.4 Å². The molecule has 18 heavy (non-hydrogen) atoms. The quantitative estimate of drug-likeness (QED) is 0.838. The molecule has 0 saturated heterocycles. The lowest BCUT2D eigenvalue weighted by molar-refractivity contribution is -0.124. The van der Waals surface area contributed by atoms with Crippen LogP contribution in [0, 0.1) is 0 Å². The van der Waals surface area contributed by atoms with Crippen molar-refractivity contribution in [3.8, 4) is 0 Å². The maximum atomic E-state index is 11.5. The molecule has 0 aromatic heterocycles. The molecule has 1 saturated carbocycles. The van der Waals surface area contributed by atoms with Gasteiger partial charge in [-0.25, -0.2) is 4.79 Å². The summed E-state index contributed by atoms with van der Waals surface area (Å²) in [6.45, 7) is 0.190. The monoisotopic (exact) mass is 249 g/mol. The van der Waals surface area contributed by atoms with Crippen molar-refractivity contribution in [2.75, 3.05) is 0 Å². The van der Waals surface area contributed by atoms with E-state index < -0.39 is 12.2 Å². The fourth-order valence-electron chi connectivity index (χ4n) is 1.90. The van der Waals surface area contributed by atoms with Gasteiger partial charge in [0.15, 0.2) is 5.78 Å². The van der Waals surface area contributed by atoms with Crippen LogP contribution in [0.15, 0.2) is 30.3 Å². The van der Waals surface area contributed by atoms with E-state index in [-0.39, 0.29) is 31.3 Å². The number of ketones is 1. The average molecular weight is 249 g/mol. The fraction of sp³-hybridized carbons (Fsp3) is 0.385. The van der Waals surface area contributed by atoms with E-state index in [2.05, 4.69) is 5.32 Å². The number of Topliss-reactive ketones (excluding diaryl/α,β-unsaturated/α-hetero) is 1. The Morgan fingerprint density at radius 2 is 2.11 bits per heavy atom. The number of carbonyl (C=O) groups is 2. The van der Waals surface area contributed by atoms with Crippen LogP contribution < -0.4 is 5.32 Å². The number of ether oxygens (including phenoxy) is 1. The zero-order chi connectivity index (χ0) is 13.0. The number of amides is 1. The van der Waals surface area contributed by atoms with Crippen molar-refractivity contribution >= 4 is 11.9 Å². The highest BCUT2D eigenvalue weighted by molar-refractivity contribution is 5.86. The van der Waals surface area contributed by atoms with Gasteiger partial charge in [0.05, 0.1) is 0 Å². The van der Waals surface area contributed by atoms with Gasteiger partial charge in [-0.3, -0.25) is 4.79 Å². The summed E-state index contributed by atoms with van der Waals surface area (Å²) in [6.07, 6.45) is -1.09. The molecule has 1 aromatic carbocycles. The van der Waals surface area contributed by atoms with Crippen LogP contribution in [-0.2, 0) is 16.1 Å². The van der Waals surface area contributed by atoms with Gasteiger partial charge in [0.1, 0.15) is 12.7 Å². The van der Waals surface area contributed by atoms with Crippen LogP contribution in [0.25, 0.3) is 0 Å². The van der Waals surface area contributed by atoms with Crippen LogP contribution >= 0.6 is 0 Å². The number of alkyl carbamates (subject to hydrolysis) is 1. The molecule has 5 nitrogen and oxygen atoms in total. The Morgan fingerprint density at radius 1 is 1.39 bits per heavy atom. The van der Waals surface area contributed by atoms with Gasteiger partial charge in [-0.05, 0) is 5.56 Å². The molecule has 1 aliphatic carbocycles. The second-order valence-electron chi connectivity index (χ2n) is 4.32. The molecule has 2 unspecified atom stereocenters. The summed E-state index contributed by atoms with van der Waals surface area (Å²) in [5, 5.41) is 11.8. The lowest BCUT2D eigenvalue weighted by Crippen LogP contribution is -2.33. The first-order valence-electron chi connectivity index (χ1n) is 5.83. The third kappa shape index (κ3) is 3.30. The van der Waals surface area contributed by atoms with Crippen LogP contribution in [0.5, 0.6) is 0 Å². The van der Waals surface area contributed by atoms with E-state index in [1.165, 1.54) is 0 Å². The topological polar surface area (TPSA) is 75.6 Å². The smallest absolute Gasteiger partial charge is 0.407 e. The Balaban J connectivity index is 1.75. The molecule has 1 amide bonds. The minimum absolute atomic E-state index is 0.168. The molecule has 0 aliphatic heterocycles. The predicted molar refractivity (Wildman–Crippen MR) is 63.8 cm³/mol. The first-order valence-corrected chi connectivity index (χ1v) is 5.83. The molecule has 1 fully saturated rings. The molecule has 5 heteroatoms. The van der Waals surface area contributed by atoms with Crippen molar-refractivity contribution < 1.29 is 19.4 Å². The maximum absolute atomic E-state index is 11.5. The number of hydrogen-bond acceptors (Lipinski definition) is 4.